The number of amides is 1. The molecule has 0 spiro atoms. The molecule has 5 heteroatoms. The largest absolute Gasteiger partial charge is 0.479 e. The molecular formula is C22H23NO4. The van der Waals surface area contributed by atoms with Crippen molar-refractivity contribution in [3.8, 4) is 11.1 Å². The van der Waals surface area contributed by atoms with Gasteiger partial charge in [0, 0.05) is 11.3 Å². The van der Waals surface area contributed by atoms with Crippen LogP contribution in [0.2, 0.25) is 0 Å². The molecule has 1 saturated carbocycles. The zero-order valence-corrected chi connectivity index (χ0v) is 15.5. The molecule has 0 radical (unpaired) electrons. The topological polar surface area (TPSA) is 75.6 Å². The molecule has 2 atom stereocenters. The van der Waals surface area contributed by atoms with E-state index in [1.165, 1.54) is 0 Å². The Morgan fingerprint density at radius 2 is 1.67 bits per heavy atom. The zero-order valence-electron chi connectivity index (χ0n) is 15.5. The summed E-state index contributed by atoms with van der Waals surface area (Å²) in [6.45, 7) is 3.99. The van der Waals surface area contributed by atoms with Gasteiger partial charge < -0.3 is 15.2 Å². The number of carboxylic acid groups (broad SMARTS) is 1. The van der Waals surface area contributed by atoms with Crippen molar-refractivity contribution in [1.29, 1.82) is 0 Å². The van der Waals surface area contributed by atoms with Crippen molar-refractivity contribution in [3.63, 3.8) is 0 Å². The third kappa shape index (κ3) is 2.60. The molecule has 0 heterocycles. The van der Waals surface area contributed by atoms with Crippen molar-refractivity contribution in [1.82, 2.24) is 5.32 Å². The fourth-order valence-corrected chi connectivity index (χ4v) is 4.36. The lowest BCUT2D eigenvalue weighted by Crippen LogP contribution is -2.47. The number of carbonyl (C=O) groups excluding carboxylic acids is 1. The Morgan fingerprint density at radius 3 is 2.15 bits per heavy atom. The molecule has 2 aliphatic rings. The molecule has 1 amide bonds. The molecule has 2 aliphatic carbocycles. The third-order valence-electron chi connectivity index (χ3n) is 6.37. The molecular weight excluding hydrogens is 342 g/mol. The molecule has 2 aromatic carbocycles. The van der Waals surface area contributed by atoms with Crippen molar-refractivity contribution in [2.24, 2.45) is 5.41 Å². The highest BCUT2D eigenvalue weighted by atomic mass is 16.5. The van der Waals surface area contributed by atoms with Gasteiger partial charge in [-0.2, -0.15) is 0 Å². The van der Waals surface area contributed by atoms with Crippen molar-refractivity contribution in [2.75, 3.05) is 6.61 Å². The molecule has 0 bridgehead atoms. The van der Waals surface area contributed by atoms with E-state index in [1.54, 1.807) is 0 Å². The molecule has 1 fully saturated rings. The van der Waals surface area contributed by atoms with E-state index in [9.17, 15) is 14.7 Å². The number of hydrogen-bond acceptors (Lipinski definition) is 3. The Labute approximate surface area is 158 Å². The Morgan fingerprint density at radius 1 is 1.11 bits per heavy atom. The standard InChI is InChI=1S/C22H23NO4/c1-3-21(2)13-22(21,19(24)25)23-20(26)27-12-18-16-10-6-4-8-14(16)15-9-5-7-11-17(15)18/h4-11,18H,3,12-13H2,1-2H3,(H,23,26)(H,24,25)/t21-,22+/m0/s1. The number of carbonyl (C=O) groups is 2. The van der Waals surface area contributed by atoms with Gasteiger partial charge in [-0.25, -0.2) is 9.59 Å². The number of nitrogens with one attached hydrogen (secondary N) is 1. The number of aliphatic carboxylic acids is 1. The molecule has 0 aliphatic heterocycles. The molecule has 27 heavy (non-hydrogen) atoms. The zero-order chi connectivity index (χ0) is 19.2. The SMILES string of the molecule is CC[C@@]1(C)C[C@@]1(NC(=O)OCC1c2ccccc2-c2ccccc21)C(=O)O. The molecule has 2 aromatic rings. The van der Waals surface area contributed by atoms with Gasteiger partial charge in [0.15, 0.2) is 0 Å². The Hall–Kier alpha value is -2.82. The van der Waals surface area contributed by atoms with Gasteiger partial charge in [-0.1, -0.05) is 62.4 Å². The van der Waals surface area contributed by atoms with Crippen molar-refractivity contribution >= 4 is 12.1 Å². The van der Waals surface area contributed by atoms with Gasteiger partial charge in [-0.15, -0.1) is 0 Å². The average molecular weight is 365 g/mol. The second-order valence-corrected chi connectivity index (χ2v) is 7.75. The normalized spacial score (nSPS) is 25.4. The maximum atomic E-state index is 12.4. The minimum Gasteiger partial charge on any atom is -0.479 e. The lowest BCUT2D eigenvalue weighted by molar-refractivity contribution is -0.141. The molecule has 4 rings (SSSR count). The van der Waals surface area contributed by atoms with Crippen LogP contribution in [0.5, 0.6) is 0 Å². The van der Waals surface area contributed by atoms with Gasteiger partial charge in [0.1, 0.15) is 12.1 Å². The minimum atomic E-state index is -1.22. The predicted molar refractivity (Wildman–Crippen MR) is 102 cm³/mol. The van der Waals surface area contributed by atoms with E-state index in [-0.39, 0.29) is 12.5 Å². The summed E-state index contributed by atoms with van der Waals surface area (Å²) in [5.74, 6) is -1.04. The fourth-order valence-electron chi connectivity index (χ4n) is 4.36. The highest BCUT2D eigenvalue weighted by Crippen LogP contribution is 2.58. The van der Waals surface area contributed by atoms with E-state index in [4.69, 9.17) is 4.74 Å². The number of hydrogen-bond donors (Lipinski definition) is 2. The lowest BCUT2D eigenvalue weighted by Gasteiger charge is -2.20. The summed E-state index contributed by atoms with van der Waals surface area (Å²) in [4.78, 5) is 24.1. The Kier molecular flexibility index (Phi) is 3.98. The van der Waals surface area contributed by atoms with Crippen molar-refractivity contribution < 1.29 is 19.4 Å². The van der Waals surface area contributed by atoms with E-state index < -0.39 is 23.0 Å². The van der Waals surface area contributed by atoms with Crippen molar-refractivity contribution in [2.45, 2.75) is 38.1 Å². The van der Waals surface area contributed by atoms with Gasteiger partial charge in [-0.3, -0.25) is 0 Å². The van der Waals surface area contributed by atoms with Gasteiger partial charge in [-0.05, 0) is 35.1 Å². The Bertz CT molecular complexity index is 879. The molecule has 2 N–H and O–H groups in total. The van der Waals surface area contributed by atoms with Crippen LogP contribution in [0.25, 0.3) is 11.1 Å². The van der Waals surface area contributed by atoms with Crippen LogP contribution in [0.4, 0.5) is 4.79 Å². The smallest absolute Gasteiger partial charge is 0.408 e. The molecule has 5 nitrogen and oxygen atoms in total. The number of ether oxygens (including phenoxy) is 1. The summed E-state index contributed by atoms with van der Waals surface area (Å²) < 4.78 is 5.49. The van der Waals surface area contributed by atoms with Gasteiger partial charge in [0.25, 0.3) is 0 Å². The average Bonchev–Trinajstić information content (AvgIpc) is 3.15. The van der Waals surface area contributed by atoms with E-state index in [2.05, 4.69) is 29.6 Å². The molecule has 0 aromatic heterocycles. The summed E-state index contributed by atoms with van der Waals surface area (Å²) in [6, 6.07) is 16.2. The van der Waals surface area contributed by atoms with Crippen LogP contribution in [-0.2, 0) is 9.53 Å². The van der Waals surface area contributed by atoms with Crippen LogP contribution in [0.15, 0.2) is 48.5 Å². The first-order valence-electron chi connectivity index (χ1n) is 9.28. The minimum absolute atomic E-state index is 0.0410. The van der Waals surface area contributed by atoms with Crippen LogP contribution in [0, 0.1) is 5.41 Å². The van der Waals surface area contributed by atoms with Crippen molar-refractivity contribution in [3.05, 3.63) is 59.7 Å². The number of fused-ring (bicyclic) bond motifs is 3. The Balaban J connectivity index is 1.50. The van der Waals surface area contributed by atoms with Crippen LogP contribution >= 0.6 is 0 Å². The fraction of sp³-hybridized carbons (Fsp3) is 0.364. The van der Waals surface area contributed by atoms with Crippen LogP contribution < -0.4 is 5.32 Å². The summed E-state index contributed by atoms with van der Waals surface area (Å²) in [5, 5.41) is 12.2. The number of alkyl carbamates (subject to hydrolysis) is 1. The highest BCUT2D eigenvalue weighted by Gasteiger charge is 2.70. The molecule has 0 unspecified atom stereocenters. The van der Waals surface area contributed by atoms with Crippen LogP contribution in [-0.4, -0.2) is 29.3 Å². The quantitative estimate of drug-likeness (QED) is 0.834. The first-order chi connectivity index (χ1) is 12.9. The lowest BCUT2D eigenvalue weighted by atomic mass is 9.98. The van der Waals surface area contributed by atoms with Gasteiger partial charge >= 0.3 is 12.1 Å². The third-order valence-corrected chi connectivity index (χ3v) is 6.37. The summed E-state index contributed by atoms with van der Waals surface area (Å²) in [5.41, 5.74) is 2.93. The maximum absolute atomic E-state index is 12.4. The first-order valence-corrected chi connectivity index (χ1v) is 9.28. The first kappa shape index (κ1) is 17.6. The molecule has 0 saturated heterocycles. The number of carboxylic acids is 1. The van der Waals surface area contributed by atoms with E-state index in [0.717, 1.165) is 22.3 Å². The van der Waals surface area contributed by atoms with Gasteiger partial charge in [0.2, 0.25) is 0 Å². The second kappa shape index (κ2) is 6.12. The number of benzene rings is 2. The monoisotopic (exact) mass is 365 g/mol. The summed E-state index contributed by atoms with van der Waals surface area (Å²) in [6.07, 6.45) is 0.440. The maximum Gasteiger partial charge on any atom is 0.408 e. The van der Waals surface area contributed by atoms with Crippen LogP contribution in [0.1, 0.15) is 43.7 Å². The van der Waals surface area contributed by atoms with Gasteiger partial charge in [0.05, 0.1) is 0 Å². The highest BCUT2D eigenvalue weighted by molar-refractivity contribution is 5.89. The second-order valence-electron chi connectivity index (χ2n) is 7.75. The number of rotatable bonds is 5. The van der Waals surface area contributed by atoms with E-state index in [0.29, 0.717) is 12.8 Å². The molecule has 140 valence electrons. The van der Waals surface area contributed by atoms with E-state index in [1.807, 2.05) is 38.1 Å². The predicted octanol–water partition coefficient (Wildman–Crippen LogP) is 4.17. The van der Waals surface area contributed by atoms with Crippen LogP contribution in [0.3, 0.4) is 0 Å². The van der Waals surface area contributed by atoms with E-state index >= 15 is 0 Å². The summed E-state index contributed by atoms with van der Waals surface area (Å²) in [7, 11) is 0. The summed E-state index contributed by atoms with van der Waals surface area (Å²) >= 11 is 0.